The van der Waals surface area contributed by atoms with Crippen LogP contribution in [0.25, 0.3) is 0 Å². The molecule has 1 aliphatic carbocycles. The number of hydrogen-bond acceptors (Lipinski definition) is 3. The van der Waals surface area contributed by atoms with Crippen molar-refractivity contribution in [1.29, 1.82) is 0 Å². The van der Waals surface area contributed by atoms with Gasteiger partial charge in [0, 0.05) is 32.2 Å². The minimum Gasteiger partial charge on any atom is -0.314 e. The minimum absolute atomic E-state index is 0.0602. The first kappa shape index (κ1) is 16.2. The van der Waals surface area contributed by atoms with Gasteiger partial charge in [0.15, 0.2) is 0 Å². The molecule has 5 nitrogen and oxygen atoms in total. The van der Waals surface area contributed by atoms with E-state index in [1.54, 1.807) is 11.4 Å². The highest BCUT2D eigenvalue weighted by atomic mass is 32.2. The number of nitrogens with zero attached hydrogens (tertiary/aromatic N) is 2. The Morgan fingerprint density at radius 3 is 2.65 bits per heavy atom. The number of rotatable bonds is 7. The summed E-state index contributed by atoms with van der Waals surface area (Å²) in [6.45, 7) is 6.29. The zero-order valence-corrected chi connectivity index (χ0v) is 13.8. The molecule has 0 spiro atoms. The van der Waals surface area contributed by atoms with Crippen molar-refractivity contribution in [2.24, 2.45) is 5.92 Å². The molecule has 118 valence electrons. The summed E-state index contributed by atoms with van der Waals surface area (Å²) in [5.41, 5.74) is 0. The molecule has 1 heterocycles. The van der Waals surface area contributed by atoms with Gasteiger partial charge < -0.3 is 5.32 Å². The molecular weight excluding hydrogens is 274 g/mol. The van der Waals surface area contributed by atoms with Gasteiger partial charge in [-0.25, -0.2) is 0 Å². The van der Waals surface area contributed by atoms with E-state index in [0.717, 1.165) is 25.8 Å². The Balaban J connectivity index is 1.92. The van der Waals surface area contributed by atoms with Gasteiger partial charge in [-0.2, -0.15) is 17.0 Å². The predicted octanol–water partition coefficient (Wildman–Crippen LogP) is 1.43. The predicted molar refractivity (Wildman–Crippen MR) is 81.8 cm³/mol. The fourth-order valence-corrected chi connectivity index (χ4v) is 4.42. The summed E-state index contributed by atoms with van der Waals surface area (Å²) in [5.74, 6) is 0.462. The van der Waals surface area contributed by atoms with Crippen molar-refractivity contribution in [2.45, 2.75) is 58.0 Å². The summed E-state index contributed by atoms with van der Waals surface area (Å²) in [6, 6.07) is 0.759. The molecule has 20 heavy (non-hydrogen) atoms. The molecule has 0 bridgehead atoms. The van der Waals surface area contributed by atoms with Crippen LogP contribution < -0.4 is 5.32 Å². The first-order valence-corrected chi connectivity index (χ1v) is 9.31. The quantitative estimate of drug-likeness (QED) is 0.774. The Morgan fingerprint density at radius 2 is 2.05 bits per heavy atom. The van der Waals surface area contributed by atoms with Gasteiger partial charge in [-0.15, -0.1) is 0 Å². The maximum atomic E-state index is 12.6. The Kier molecular flexibility index (Phi) is 5.45. The lowest BCUT2D eigenvalue weighted by Gasteiger charge is -2.36. The molecule has 6 heteroatoms. The smallest absolute Gasteiger partial charge is 0.281 e. The second-order valence-electron chi connectivity index (χ2n) is 6.33. The van der Waals surface area contributed by atoms with E-state index in [2.05, 4.69) is 5.32 Å². The SMILES string of the molecule is CCC(C)N(C)S(=O)(=O)N1CCCC(CNC2CC2)C1. The summed E-state index contributed by atoms with van der Waals surface area (Å²) >= 11 is 0. The Hall–Kier alpha value is -0.170. The molecule has 1 saturated carbocycles. The molecule has 0 aromatic carbocycles. The van der Waals surface area contributed by atoms with Gasteiger partial charge >= 0.3 is 0 Å². The maximum absolute atomic E-state index is 12.6. The second kappa shape index (κ2) is 6.73. The molecule has 0 radical (unpaired) electrons. The highest BCUT2D eigenvalue weighted by molar-refractivity contribution is 7.86. The van der Waals surface area contributed by atoms with Crippen LogP contribution in [0, 0.1) is 5.92 Å². The van der Waals surface area contributed by atoms with Crippen LogP contribution in [0.15, 0.2) is 0 Å². The van der Waals surface area contributed by atoms with Gasteiger partial charge in [0.25, 0.3) is 10.2 Å². The van der Waals surface area contributed by atoms with E-state index in [4.69, 9.17) is 0 Å². The second-order valence-corrected chi connectivity index (χ2v) is 8.32. The molecule has 1 N–H and O–H groups in total. The molecule has 2 rings (SSSR count). The van der Waals surface area contributed by atoms with Crippen LogP contribution in [0.1, 0.15) is 46.0 Å². The zero-order valence-electron chi connectivity index (χ0n) is 13.0. The normalized spacial score (nSPS) is 26.9. The van der Waals surface area contributed by atoms with E-state index in [1.165, 1.54) is 17.1 Å². The molecular formula is C14H29N3O2S. The third-order valence-corrected chi connectivity index (χ3v) is 6.73. The first-order chi connectivity index (χ1) is 9.45. The van der Waals surface area contributed by atoms with E-state index in [-0.39, 0.29) is 6.04 Å². The number of nitrogens with one attached hydrogen (secondary N) is 1. The largest absolute Gasteiger partial charge is 0.314 e. The standard InChI is InChI=1S/C14H29N3O2S/c1-4-12(2)16(3)20(18,19)17-9-5-6-13(11-17)10-15-14-7-8-14/h12-15H,4-11H2,1-3H3. The van der Waals surface area contributed by atoms with Gasteiger partial charge in [-0.05, 0) is 51.5 Å². The van der Waals surface area contributed by atoms with Crippen molar-refractivity contribution >= 4 is 10.2 Å². The summed E-state index contributed by atoms with van der Waals surface area (Å²) < 4.78 is 28.4. The number of piperidine rings is 1. The van der Waals surface area contributed by atoms with Crippen molar-refractivity contribution in [3.8, 4) is 0 Å². The molecule has 2 aliphatic rings. The molecule has 0 aromatic heterocycles. The van der Waals surface area contributed by atoms with Crippen molar-refractivity contribution in [2.75, 3.05) is 26.7 Å². The zero-order chi connectivity index (χ0) is 14.8. The van der Waals surface area contributed by atoms with Crippen molar-refractivity contribution in [1.82, 2.24) is 13.9 Å². The first-order valence-electron chi connectivity index (χ1n) is 7.91. The molecule has 2 fully saturated rings. The van der Waals surface area contributed by atoms with Crippen molar-refractivity contribution in [3.63, 3.8) is 0 Å². The van der Waals surface area contributed by atoms with Crippen LogP contribution in [0.3, 0.4) is 0 Å². The highest BCUT2D eigenvalue weighted by Gasteiger charge is 2.34. The van der Waals surface area contributed by atoms with Gasteiger partial charge in [-0.1, -0.05) is 6.92 Å². The third-order valence-electron chi connectivity index (χ3n) is 4.66. The minimum atomic E-state index is -3.29. The lowest BCUT2D eigenvalue weighted by atomic mass is 10.00. The van der Waals surface area contributed by atoms with Crippen LogP contribution in [0.5, 0.6) is 0 Å². The summed E-state index contributed by atoms with van der Waals surface area (Å²) in [4.78, 5) is 0. The average molecular weight is 303 g/mol. The lowest BCUT2D eigenvalue weighted by molar-refractivity contribution is 0.238. The highest BCUT2D eigenvalue weighted by Crippen LogP contribution is 2.24. The van der Waals surface area contributed by atoms with Crippen LogP contribution in [-0.4, -0.2) is 55.8 Å². The van der Waals surface area contributed by atoms with Crippen molar-refractivity contribution < 1.29 is 8.42 Å². The maximum Gasteiger partial charge on any atom is 0.281 e. The summed E-state index contributed by atoms with van der Waals surface area (Å²) in [7, 11) is -1.59. The molecule has 0 amide bonds. The summed E-state index contributed by atoms with van der Waals surface area (Å²) in [6.07, 6.45) is 5.52. The van der Waals surface area contributed by atoms with E-state index in [0.29, 0.717) is 25.0 Å². The van der Waals surface area contributed by atoms with E-state index in [9.17, 15) is 8.42 Å². The van der Waals surface area contributed by atoms with Crippen LogP contribution in [0.2, 0.25) is 0 Å². The van der Waals surface area contributed by atoms with Gasteiger partial charge in [0.2, 0.25) is 0 Å². The lowest BCUT2D eigenvalue weighted by Crippen LogP contribution is -2.50. The van der Waals surface area contributed by atoms with E-state index >= 15 is 0 Å². The molecule has 0 aromatic rings. The van der Waals surface area contributed by atoms with Crippen LogP contribution in [-0.2, 0) is 10.2 Å². The Labute approximate surface area is 123 Å². The van der Waals surface area contributed by atoms with Crippen LogP contribution in [0.4, 0.5) is 0 Å². The van der Waals surface area contributed by atoms with Crippen molar-refractivity contribution in [3.05, 3.63) is 0 Å². The van der Waals surface area contributed by atoms with Gasteiger partial charge in [0.05, 0.1) is 0 Å². The van der Waals surface area contributed by atoms with Crippen LogP contribution >= 0.6 is 0 Å². The van der Waals surface area contributed by atoms with Gasteiger partial charge in [0.1, 0.15) is 0 Å². The Morgan fingerprint density at radius 1 is 1.35 bits per heavy atom. The third kappa shape index (κ3) is 3.93. The molecule has 2 atom stereocenters. The molecule has 2 unspecified atom stereocenters. The Bertz CT molecular complexity index is 409. The molecule has 1 aliphatic heterocycles. The topological polar surface area (TPSA) is 52.7 Å². The fraction of sp³-hybridized carbons (Fsp3) is 1.00. The summed E-state index contributed by atoms with van der Waals surface area (Å²) in [5, 5.41) is 3.53. The average Bonchev–Trinajstić information content (AvgIpc) is 3.28. The molecule has 1 saturated heterocycles. The fourth-order valence-electron chi connectivity index (χ4n) is 2.69. The van der Waals surface area contributed by atoms with Gasteiger partial charge in [-0.3, -0.25) is 0 Å². The number of hydrogen-bond donors (Lipinski definition) is 1. The monoisotopic (exact) mass is 303 g/mol. The van der Waals surface area contributed by atoms with E-state index < -0.39 is 10.2 Å². The van der Waals surface area contributed by atoms with E-state index in [1.807, 2.05) is 13.8 Å².